The molecule has 1 amide bonds. The predicted octanol–water partition coefficient (Wildman–Crippen LogP) is 1.73. The number of hydrogen-bond acceptors (Lipinski definition) is 4. The largest absolute Gasteiger partial charge is 0.312 e. The summed E-state index contributed by atoms with van der Waals surface area (Å²) in [6.45, 7) is 0. The number of pyridine rings is 1. The van der Waals surface area contributed by atoms with Crippen molar-refractivity contribution in [3.63, 3.8) is 0 Å². The molecule has 0 spiro atoms. The Labute approximate surface area is 115 Å². The van der Waals surface area contributed by atoms with Crippen molar-refractivity contribution < 1.29 is 4.79 Å². The quantitative estimate of drug-likeness (QED) is 0.709. The highest BCUT2D eigenvalue weighted by molar-refractivity contribution is 5.93. The van der Waals surface area contributed by atoms with Gasteiger partial charge < -0.3 is 4.57 Å². The number of para-hydroxylation sites is 2. The molecule has 0 bridgehead atoms. The van der Waals surface area contributed by atoms with Crippen molar-refractivity contribution in [1.29, 1.82) is 0 Å². The summed E-state index contributed by atoms with van der Waals surface area (Å²) in [5.41, 5.74) is 7.59. The minimum atomic E-state index is -0.308. The third-order valence-corrected chi connectivity index (χ3v) is 2.97. The van der Waals surface area contributed by atoms with Gasteiger partial charge >= 0.3 is 0 Å². The Morgan fingerprint density at radius 3 is 2.70 bits per heavy atom. The molecule has 0 aliphatic heterocycles. The van der Waals surface area contributed by atoms with Crippen LogP contribution < -0.4 is 10.9 Å². The van der Waals surface area contributed by atoms with E-state index in [4.69, 9.17) is 0 Å². The number of carbonyl (C=O) groups excluding carboxylic acids is 1. The van der Waals surface area contributed by atoms with Crippen molar-refractivity contribution in [3.8, 4) is 0 Å². The van der Waals surface area contributed by atoms with Crippen LogP contribution in [-0.2, 0) is 7.05 Å². The molecule has 0 fully saturated rings. The van der Waals surface area contributed by atoms with Crippen LogP contribution in [0.2, 0.25) is 0 Å². The van der Waals surface area contributed by atoms with Crippen LogP contribution in [0.4, 0.5) is 5.95 Å². The Morgan fingerprint density at radius 1 is 1.15 bits per heavy atom. The van der Waals surface area contributed by atoms with Crippen molar-refractivity contribution >= 4 is 22.9 Å². The average molecular weight is 267 g/mol. The molecular weight excluding hydrogens is 254 g/mol. The summed E-state index contributed by atoms with van der Waals surface area (Å²) in [6.07, 6.45) is 1.57. The Morgan fingerprint density at radius 2 is 1.95 bits per heavy atom. The first-order chi connectivity index (χ1) is 9.75. The van der Waals surface area contributed by atoms with Gasteiger partial charge in [0.15, 0.2) is 0 Å². The lowest BCUT2D eigenvalue weighted by atomic mass is 10.3. The summed E-state index contributed by atoms with van der Waals surface area (Å²) in [5, 5.41) is 0. The molecule has 0 saturated carbocycles. The number of imidazole rings is 1. The van der Waals surface area contributed by atoms with Crippen molar-refractivity contribution in [2.75, 3.05) is 5.43 Å². The van der Waals surface area contributed by atoms with E-state index in [1.54, 1.807) is 24.4 Å². The molecule has 0 atom stereocenters. The van der Waals surface area contributed by atoms with Gasteiger partial charge in [-0.2, -0.15) is 0 Å². The standard InChI is InChI=1S/C14H13N5O/c1-19-12-8-3-2-6-10(12)16-14(19)18-17-13(20)11-7-4-5-9-15-11/h2-9H,1H3,(H,16,18)(H,17,20). The molecule has 2 aromatic heterocycles. The normalized spacial score (nSPS) is 10.4. The molecule has 6 heteroatoms. The first-order valence-electron chi connectivity index (χ1n) is 6.14. The summed E-state index contributed by atoms with van der Waals surface area (Å²) in [5.74, 6) is 0.258. The lowest BCUT2D eigenvalue weighted by molar-refractivity contribution is 0.0957. The van der Waals surface area contributed by atoms with E-state index in [1.165, 1.54) is 0 Å². The number of carbonyl (C=O) groups is 1. The van der Waals surface area contributed by atoms with E-state index in [1.807, 2.05) is 35.9 Å². The summed E-state index contributed by atoms with van der Waals surface area (Å²) >= 11 is 0. The predicted molar refractivity (Wildman–Crippen MR) is 76.0 cm³/mol. The van der Waals surface area contributed by atoms with Crippen molar-refractivity contribution in [1.82, 2.24) is 20.0 Å². The smallest absolute Gasteiger partial charge is 0.288 e. The van der Waals surface area contributed by atoms with Gasteiger partial charge in [-0.15, -0.1) is 0 Å². The minimum Gasteiger partial charge on any atom is -0.312 e. The Hall–Kier alpha value is -2.89. The van der Waals surface area contributed by atoms with Crippen LogP contribution in [-0.4, -0.2) is 20.4 Å². The topological polar surface area (TPSA) is 71.8 Å². The summed E-state index contributed by atoms with van der Waals surface area (Å²) in [6, 6.07) is 12.9. The zero-order valence-corrected chi connectivity index (χ0v) is 10.9. The second-order valence-electron chi connectivity index (χ2n) is 4.28. The van der Waals surface area contributed by atoms with E-state index in [0.29, 0.717) is 11.6 Å². The summed E-state index contributed by atoms with van der Waals surface area (Å²) in [4.78, 5) is 20.2. The van der Waals surface area contributed by atoms with Gasteiger partial charge in [-0.05, 0) is 24.3 Å². The lowest BCUT2D eigenvalue weighted by Crippen LogP contribution is -2.31. The van der Waals surface area contributed by atoms with Gasteiger partial charge in [-0.1, -0.05) is 18.2 Å². The summed E-state index contributed by atoms with van der Waals surface area (Å²) < 4.78 is 1.87. The second-order valence-corrected chi connectivity index (χ2v) is 4.28. The van der Waals surface area contributed by atoms with Gasteiger partial charge in [0.05, 0.1) is 11.0 Å². The fourth-order valence-corrected chi connectivity index (χ4v) is 1.93. The Bertz CT molecular complexity index is 751. The fraction of sp³-hybridized carbons (Fsp3) is 0.0714. The van der Waals surface area contributed by atoms with Gasteiger partial charge in [-0.3, -0.25) is 20.6 Å². The van der Waals surface area contributed by atoms with Crippen LogP contribution in [0.25, 0.3) is 11.0 Å². The highest BCUT2D eigenvalue weighted by Gasteiger charge is 2.09. The number of nitrogens with zero attached hydrogens (tertiary/aromatic N) is 3. The number of hydrogen-bond donors (Lipinski definition) is 2. The zero-order valence-electron chi connectivity index (χ0n) is 10.9. The van der Waals surface area contributed by atoms with Crippen molar-refractivity contribution in [2.24, 2.45) is 7.05 Å². The molecule has 0 unspecified atom stereocenters. The molecule has 1 aromatic carbocycles. The van der Waals surface area contributed by atoms with E-state index in [-0.39, 0.29) is 5.91 Å². The number of benzene rings is 1. The van der Waals surface area contributed by atoms with E-state index in [2.05, 4.69) is 20.8 Å². The second kappa shape index (κ2) is 5.00. The molecule has 0 aliphatic carbocycles. The van der Waals surface area contributed by atoms with Gasteiger partial charge in [0.25, 0.3) is 5.91 Å². The SMILES string of the molecule is Cn1c(NNC(=O)c2ccccn2)nc2ccccc21. The highest BCUT2D eigenvalue weighted by atomic mass is 16.2. The maximum Gasteiger partial charge on any atom is 0.288 e. The maximum absolute atomic E-state index is 11.9. The number of aromatic nitrogens is 3. The number of rotatable bonds is 3. The molecule has 100 valence electrons. The molecule has 2 heterocycles. The van der Waals surface area contributed by atoms with Crippen LogP contribution in [0, 0.1) is 0 Å². The van der Waals surface area contributed by atoms with E-state index >= 15 is 0 Å². The number of nitrogens with one attached hydrogen (secondary N) is 2. The van der Waals surface area contributed by atoms with Crippen LogP contribution in [0.15, 0.2) is 48.7 Å². The van der Waals surface area contributed by atoms with Gasteiger partial charge in [0, 0.05) is 13.2 Å². The molecule has 2 N–H and O–H groups in total. The van der Waals surface area contributed by atoms with Gasteiger partial charge in [0.1, 0.15) is 5.69 Å². The highest BCUT2D eigenvalue weighted by Crippen LogP contribution is 2.16. The third kappa shape index (κ3) is 2.18. The number of amides is 1. The Balaban J connectivity index is 1.77. The number of fused-ring (bicyclic) bond motifs is 1. The van der Waals surface area contributed by atoms with E-state index in [9.17, 15) is 4.79 Å². The van der Waals surface area contributed by atoms with Crippen LogP contribution in [0.5, 0.6) is 0 Å². The zero-order chi connectivity index (χ0) is 13.9. The van der Waals surface area contributed by atoms with E-state index in [0.717, 1.165) is 11.0 Å². The Kier molecular flexibility index (Phi) is 3.04. The van der Waals surface area contributed by atoms with Crippen LogP contribution in [0.1, 0.15) is 10.5 Å². The van der Waals surface area contributed by atoms with Crippen LogP contribution in [0.3, 0.4) is 0 Å². The number of hydrazine groups is 1. The van der Waals surface area contributed by atoms with E-state index < -0.39 is 0 Å². The summed E-state index contributed by atoms with van der Waals surface area (Å²) in [7, 11) is 1.88. The van der Waals surface area contributed by atoms with Crippen molar-refractivity contribution in [2.45, 2.75) is 0 Å². The molecule has 20 heavy (non-hydrogen) atoms. The van der Waals surface area contributed by atoms with Gasteiger partial charge in [0.2, 0.25) is 5.95 Å². The molecule has 3 aromatic rings. The number of anilines is 1. The lowest BCUT2D eigenvalue weighted by Gasteiger charge is -2.07. The molecule has 0 radical (unpaired) electrons. The fourth-order valence-electron chi connectivity index (χ4n) is 1.93. The molecule has 0 aliphatic rings. The minimum absolute atomic E-state index is 0.308. The van der Waals surface area contributed by atoms with Gasteiger partial charge in [-0.25, -0.2) is 4.98 Å². The van der Waals surface area contributed by atoms with Crippen molar-refractivity contribution in [3.05, 3.63) is 54.4 Å². The molecule has 0 saturated heterocycles. The average Bonchev–Trinajstić information content (AvgIpc) is 2.83. The molecular formula is C14H13N5O. The molecule has 6 nitrogen and oxygen atoms in total. The first-order valence-corrected chi connectivity index (χ1v) is 6.14. The first kappa shape index (κ1) is 12.2. The third-order valence-electron chi connectivity index (χ3n) is 2.97. The monoisotopic (exact) mass is 267 g/mol. The van der Waals surface area contributed by atoms with Crippen LogP contribution >= 0.6 is 0 Å². The molecule has 3 rings (SSSR count). The number of aryl methyl sites for hydroxylation is 1. The maximum atomic E-state index is 11.9.